The van der Waals surface area contributed by atoms with Gasteiger partial charge in [-0.25, -0.2) is 4.99 Å². The minimum atomic E-state index is 0.459. The minimum absolute atomic E-state index is 0.459. The predicted octanol–water partition coefficient (Wildman–Crippen LogP) is 4.01. The zero-order valence-corrected chi connectivity index (χ0v) is 17.6. The molecule has 0 saturated heterocycles. The van der Waals surface area contributed by atoms with Gasteiger partial charge in [0.1, 0.15) is 5.75 Å². The van der Waals surface area contributed by atoms with Crippen molar-refractivity contribution in [3.05, 3.63) is 52.5 Å². The molecule has 7 heteroatoms. The van der Waals surface area contributed by atoms with Crippen LogP contribution in [0.3, 0.4) is 0 Å². The summed E-state index contributed by atoms with van der Waals surface area (Å²) in [5.74, 6) is 2.73. The number of guanidine groups is 1. The molecule has 0 aliphatic carbocycles. The van der Waals surface area contributed by atoms with Crippen LogP contribution in [0, 0.1) is 0 Å². The second kappa shape index (κ2) is 11.3. The Bertz CT molecular complexity index is 779. The first-order valence-corrected chi connectivity index (χ1v) is 9.63. The lowest BCUT2D eigenvalue weighted by Gasteiger charge is -2.14. The van der Waals surface area contributed by atoms with Crippen LogP contribution in [0.25, 0.3) is 0 Å². The van der Waals surface area contributed by atoms with Crippen LogP contribution in [0.1, 0.15) is 25.0 Å². The van der Waals surface area contributed by atoms with Crippen molar-refractivity contribution in [2.75, 3.05) is 27.4 Å². The van der Waals surface area contributed by atoms with Crippen LogP contribution >= 0.6 is 11.6 Å². The number of halogens is 1. The summed E-state index contributed by atoms with van der Waals surface area (Å²) in [5.41, 5.74) is 2.07. The molecule has 0 atom stereocenters. The van der Waals surface area contributed by atoms with E-state index in [0.717, 1.165) is 29.4 Å². The van der Waals surface area contributed by atoms with Gasteiger partial charge in [-0.2, -0.15) is 0 Å². The first kappa shape index (κ1) is 21.7. The van der Waals surface area contributed by atoms with Crippen LogP contribution < -0.4 is 24.8 Å². The van der Waals surface area contributed by atoms with E-state index in [4.69, 9.17) is 25.8 Å². The molecule has 2 rings (SSSR count). The van der Waals surface area contributed by atoms with Crippen molar-refractivity contribution in [3.8, 4) is 17.2 Å². The number of nitrogens with zero attached hydrogens (tertiary/aromatic N) is 1. The third kappa shape index (κ3) is 6.23. The van der Waals surface area contributed by atoms with Gasteiger partial charge in [0.25, 0.3) is 0 Å². The number of hydrogen-bond donors (Lipinski definition) is 2. The summed E-state index contributed by atoms with van der Waals surface area (Å²) in [5, 5.41) is 7.09. The Morgan fingerprint density at radius 2 is 1.75 bits per heavy atom. The maximum atomic E-state index is 6.34. The summed E-state index contributed by atoms with van der Waals surface area (Å²) in [6.45, 7) is 6.34. The summed E-state index contributed by atoms with van der Waals surface area (Å²) in [6, 6.07) is 11.7. The van der Waals surface area contributed by atoms with Crippen molar-refractivity contribution in [2.24, 2.45) is 4.99 Å². The van der Waals surface area contributed by atoms with Gasteiger partial charge in [-0.05, 0) is 49.2 Å². The molecule has 0 aromatic heterocycles. The third-order valence-electron chi connectivity index (χ3n) is 3.96. The second-order valence-corrected chi connectivity index (χ2v) is 6.35. The molecule has 0 heterocycles. The predicted molar refractivity (Wildman–Crippen MR) is 114 cm³/mol. The molecule has 2 N–H and O–H groups in total. The zero-order valence-electron chi connectivity index (χ0n) is 16.8. The smallest absolute Gasteiger partial charge is 0.191 e. The van der Waals surface area contributed by atoms with Crippen LogP contribution in [0.5, 0.6) is 17.2 Å². The average Bonchev–Trinajstić information content (AvgIpc) is 2.72. The maximum Gasteiger partial charge on any atom is 0.191 e. The topological polar surface area (TPSA) is 64.1 Å². The monoisotopic (exact) mass is 405 g/mol. The summed E-state index contributed by atoms with van der Waals surface area (Å²) < 4.78 is 16.1. The van der Waals surface area contributed by atoms with Crippen LogP contribution in [-0.2, 0) is 13.1 Å². The Kier molecular flexibility index (Phi) is 8.75. The molecule has 0 unspecified atom stereocenters. The maximum absolute atomic E-state index is 6.34. The Hall–Kier alpha value is -2.60. The van der Waals surface area contributed by atoms with E-state index in [1.54, 1.807) is 14.2 Å². The molecule has 0 aliphatic rings. The quantitative estimate of drug-likeness (QED) is 0.487. The van der Waals surface area contributed by atoms with Crippen LogP contribution in [0.2, 0.25) is 5.02 Å². The highest BCUT2D eigenvalue weighted by molar-refractivity contribution is 6.32. The van der Waals surface area contributed by atoms with E-state index < -0.39 is 0 Å². The van der Waals surface area contributed by atoms with E-state index in [-0.39, 0.29) is 0 Å². The van der Waals surface area contributed by atoms with Crippen LogP contribution in [-0.4, -0.2) is 33.3 Å². The molecule has 0 amide bonds. The zero-order chi connectivity index (χ0) is 20.4. The van der Waals surface area contributed by atoms with Gasteiger partial charge in [-0.1, -0.05) is 23.7 Å². The standard InChI is InChI=1S/C21H28ClN3O3/c1-5-23-21(24-13-15-7-9-17(26-3)10-8-15)25-14-16-11-18(22)20(28-6-2)19(12-16)27-4/h7-12H,5-6,13-14H2,1-4H3,(H2,23,24,25). The summed E-state index contributed by atoms with van der Waals surface area (Å²) >= 11 is 6.34. The fraction of sp³-hybridized carbons (Fsp3) is 0.381. The van der Waals surface area contributed by atoms with Crippen molar-refractivity contribution in [2.45, 2.75) is 26.9 Å². The van der Waals surface area contributed by atoms with E-state index in [2.05, 4.69) is 15.6 Å². The van der Waals surface area contributed by atoms with Crippen LogP contribution in [0.4, 0.5) is 0 Å². The SMILES string of the molecule is CCNC(=NCc1cc(Cl)c(OCC)c(OC)c1)NCc1ccc(OC)cc1. The first-order valence-electron chi connectivity index (χ1n) is 9.25. The van der Waals surface area contributed by atoms with Crippen molar-refractivity contribution in [3.63, 3.8) is 0 Å². The third-order valence-corrected chi connectivity index (χ3v) is 4.24. The second-order valence-electron chi connectivity index (χ2n) is 5.94. The largest absolute Gasteiger partial charge is 0.497 e. The molecule has 2 aromatic carbocycles. The van der Waals surface area contributed by atoms with Gasteiger partial charge < -0.3 is 24.8 Å². The molecule has 0 saturated carbocycles. The Morgan fingerprint density at radius 3 is 2.36 bits per heavy atom. The molecular formula is C21H28ClN3O3. The van der Waals surface area contributed by atoms with Gasteiger partial charge in [0.15, 0.2) is 17.5 Å². The number of benzene rings is 2. The number of methoxy groups -OCH3 is 2. The van der Waals surface area contributed by atoms with Gasteiger partial charge in [0.05, 0.1) is 32.4 Å². The molecule has 0 spiro atoms. The summed E-state index contributed by atoms with van der Waals surface area (Å²) in [7, 11) is 3.26. The fourth-order valence-electron chi connectivity index (χ4n) is 2.59. The van der Waals surface area contributed by atoms with E-state index in [1.807, 2.05) is 50.2 Å². The van der Waals surface area contributed by atoms with E-state index in [1.165, 1.54) is 0 Å². The molecule has 0 bridgehead atoms. The van der Waals surface area contributed by atoms with Crippen molar-refractivity contribution in [1.29, 1.82) is 0 Å². The molecular weight excluding hydrogens is 378 g/mol. The molecule has 0 radical (unpaired) electrons. The lowest BCUT2D eigenvalue weighted by molar-refractivity contribution is 0.311. The van der Waals surface area contributed by atoms with Gasteiger partial charge >= 0.3 is 0 Å². The Labute approximate surface area is 171 Å². The highest BCUT2D eigenvalue weighted by atomic mass is 35.5. The van der Waals surface area contributed by atoms with Crippen molar-refractivity contribution in [1.82, 2.24) is 10.6 Å². The molecule has 2 aromatic rings. The van der Waals surface area contributed by atoms with Gasteiger partial charge in [-0.15, -0.1) is 0 Å². The lowest BCUT2D eigenvalue weighted by atomic mass is 10.2. The minimum Gasteiger partial charge on any atom is -0.497 e. The average molecular weight is 406 g/mol. The number of nitrogens with one attached hydrogen (secondary N) is 2. The van der Waals surface area contributed by atoms with E-state index >= 15 is 0 Å². The van der Waals surface area contributed by atoms with Gasteiger partial charge in [-0.3, -0.25) is 0 Å². The Balaban J connectivity index is 2.07. The normalized spacial score (nSPS) is 11.1. The summed E-state index contributed by atoms with van der Waals surface area (Å²) in [6.07, 6.45) is 0. The fourth-order valence-corrected chi connectivity index (χ4v) is 2.88. The number of aliphatic imine (C=N–C) groups is 1. The number of ether oxygens (including phenoxy) is 3. The van der Waals surface area contributed by atoms with Crippen molar-refractivity contribution < 1.29 is 14.2 Å². The molecule has 28 heavy (non-hydrogen) atoms. The highest BCUT2D eigenvalue weighted by Gasteiger charge is 2.11. The first-order chi connectivity index (χ1) is 13.6. The number of rotatable bonds is 9. The molecule has 152 valence electrons. The van der Waals surface area contributed by atoms with E-state index in [0.29, 0.717) is 36.2 Å². The highest BCUT2D eigenvalue weighted by Crippen LogP contribution is 2.36. The molecule has 6 nitrogen and oxygen atoms in total. The lowest BCUT2D eigenvalue weighted by Crippen LogP contribution is -2.36. The summed E-state index contributed by atoms with van der Waals surface area (Å²) in [4.78, 5) is 4.64. The van der Waals surface area contributed by atoms with E-state index in [9.17, 15) is 0 Å². The Morgan fingerprint density at radius 1 is 1.00 bits per heavy atom. The number of hydrogen-bond acceptors (Lipinski definition) is 4. The van der Waals surface area contributed by atoms with Gasteiger partial charge in [0.2, 0.25) is 0 Å². The van der Waals surface area contributed by atoms with Gasteiger partial charge in [0, 0.05) is 13.1 Å². The van der Waals surface area contributed by atoms with Crippen LogP contribution in [0.15, 0.2) is 41.4 Å². The van der Waals surface area contributed by atoms with Crippen molar-refractivity contribution >= 4 is 17.6 Å². The molecule has 0 fully saturated rings. The molecule has 0 aliphatic heterocycles.